The highest BCUT2D eigenvalue weighted by molar-refractivity contribution is 7.92. The van der Waals surface area contributed by atoms with E-state index in [9.17, 15) is 45.6 Å². The molecule has 3 aliphatic rings. The molecule has 0 saturated carbocycles. The molecule has 3 aliphatic heterocycles. The van der Waals surface area contributed by atoms with Gasteiger partial charge in [0.05, 0.1) is 35.2 Å². The molecule has 0 bridgehead atoms. The second-order valence-corrected chi connectivity index (χ2v) is 16.2. The Kier molecular flexibility index (Phi) is 11.3. The van der Waals surface area contributed by atoms with Gasteiger partial charge in [-0.3, -0.25) is 43.5 Å². The Balaban J connectivity index is 0.978. The van der Waals surface area contributed by atoms with Crippen molar-refractivity contribution in [1.82, 2.24) is 35.5 Å². The molecule has 1 unspecified atom stereocenters. The number of imide groups is 2. The predicted octanol–water partition coefficient (Wildman–Crippen LogP) is 3.12. The molecule has 5 amide bonds. The van der Waals surface area contributed by atoms with E-state index in [4.69, 9.17) is 0 Å². The fraction of sp³-hybridized carbons (Fsp3) is 0.324. The van der Waals surface area contributed by atoms with Gasteiger partial charge in [-0.2, -0.15) is 18.2 Å². The number of rotatable bonds is 11. The van der Waals surface area contributed by atoms with Crippen molar-refractivity contribution in [1.29, 1.82) is 0 Å². The molecule has 18 nitrogen and oxygen atoms in total. The summed E-state index contributed by atoms with van der Waals surface area (Å²) in [6.45, 7) is -0.0275. The van der Waals surface area contributed by atoms with Crippen LogP contribution in [0.1, 0.15) is 68.0 Å². The topological polar surface area (TPSA) is 229 Å². The fourth-order valence-electron chi connectivity index (χ4n) is 7.01. The van der Waals surface area contributed by atoms with Crippen LogP contribution in [0.5, 0.6) is 0 Å². The van der Waals surface area contributed by atoms with E-state index in [1.807, 2.05) is 0 Å². The lowest BCUT2D eigenvalue weighted by molar-refractivity contribution is -0.138. The number of carbonyl (C=O) groups excluding carboxylic acids is 5. The maximum Gasteiger partial charge on any atom is 0.421 e. The van der Waals surface area contributed by atoms with Crippen molar-refractivity contribution in [3.05, 3.63) is 88.5 Å². The maximum absolute atomic E-state index is 15.4. The summed E-state index contributed by atoms with van der Waals surface area (Å²) in [5.41, 5.74) is -1.91. The third-order valence-corrected chi connectivity index (χ3v) is 11.4. The van der Waals surface area contributed by atoms with E-state index in [0.29, 0.717) is 6.20 Å². The average molecular weight is 872 g/mol. The number of piperidine rings is 2. The largest absolute Gasteiger partial charge is 0.421 e. The van der Waals surface area contributed by atoms with Gasteiger partial charge in [-0.05, 0) is 49.6 Å². The molecule has 0 spiro atoms. The monoisotopic (exact) mass is 871 g/mol. The summed E-state index contributed by atoms with van der Waals surface area (Å²) in [5.74, 6) is -6.72. The van der Waals surface area contributed by atoms with Crippen molar-refractivity contribution < 1.29 is 54.3 Å². The zero-order chi connectivity index (χ0) is 44.0. The zero-order valence-corrected chi connectivity index (χ0v) is 32.8. The highest BCUT2D eigenvalue weighted by atomic mass is 32.2. The van der Waals surface area contributed by atoms with Crippen molar-refractivity contribution >= 4 is 68.5 Å². The van der Waals surface area contributed by atoms with Gasteiger partial charge in [-0.25, -0.2) is 27.2 Å². The number of nitrogens with one attached hydrogen (secondary N) is 4. The Labute approximate surface area is 343 Å². The molecule has 320 valence electrons. The van der Waals surface area contributed by atoms with Gasteiger partial charge in [-0.15, -0.1) is 0 Å². The average Bonchev–Trinajstić information content (AvgIpc) is 3.43. The minimum absolute atomic E-state index is 0.0100. The summed E-state index contributed by atoms with van der Waals surface area (Å²) >= 11 is 0. The van der Waals surface area contributed by atoms with E-state index < -0.39 is 87.4 Å². The zero-order valence-electron chi connectivity index (χ0n) is 32.0. The van der Waals surface area contributed by atoms with E-state index in [1.165, 1.54) is 31.6 Å². The first kappa shape index (κ1) is 42.3. The van der Waals surface area contributed by atoms with E-state index in [1.54, 1.807) is 4.90 Å². The first-order valence-corrected chi connectivity index (χ1v) is 20.2. The van der Waals surface area contributed by atoms with Crippen LogP contribution < -0.4 is 30.5 Å². The predicted molar refractivity (Wildman–Crippen MR) is 205 cm³/mol. The van der Waals surface area contributed by atoms with Crippen molar-refractivity contribution in [3.8, 4) is 0 Å². The highest BCUT2D eigenvalue weighted by Gasteiger charge is 2.45. The number of benzene rings is 2. The summed E-state index contributed by atoms with van der Waals surface area (Å²) in [6.07, 6.45) is -0.609. The SMILES string of the molecule is CN(c1nccnc1CNc1nc(Nc2ccc(C(=O)NC3CCN(c4cc5c(cc4F)C(=O)N(C4CCC(=O)NC4=O)C5=O)CC3)c(F)c2)ncc1C(F)(F)F)S(C)(=O)=O. The first-order chi connectivity index (χ1) is 28.8. The van der Waals surface area contributed by atoms with Crippen LogP contribution in [0.15, 0.2) is 48.9 Å². The summed E-state index contributed by atoms with van der Waals surface area (Å²) < 4.78 is 97.4. The number of amides is 5. The van der Waals surface area contributed by atoms with Crippen molar-refractivity contribution in [2.75, 3.05) is 46.2 Å². The Morgan fingerprint density at radius 1 is 0.951 bits per heavy atom. The van der Waals surface area contributed by atoms with E-state index in [2.05, 4.69) is 41.2 Å². The number of hydrogen-bond donors (Lipinski definition) is 4. The van der Waals surface area contributed by atoms with Crippen LogP contribution in [0.2, 0.25) is 0 Å². The molecule has 4 aromatic rings. The number of nitrogens with zero attached hydrogens (tertiary/aromatic N) is 7. The number of fused-ring (bicyclic) bond motifs is 1. The molecule has 24 heteroatoms. The van der Waals surface area contributed by atoms with Gasteiger partial charge in [0.25, 0.3) is 17.7 Å². The molecule has 1 atom stereocenters. The quantitative estimate of drug-likeness (QED) is 0.126. The summed E-state index contributed by atoms with van der Waals surface area (Å²) in [5, 5.41) is 9.93. The molecule has 61 heavy (non-hydrogen) atoms. The number of aromatic nitrogens is 4. The second-order valence-electron chi connectivity index (χ2n) is 14.2. The standard InChI is InChI=1S/C37H34F5N11O7S/c1-51(61(2,59)60)31-26(43-9-10-44-31)17-45-30-23(37(40,41)42)16-46-36(50-30)48-19-3-4-20(24(38)13-19)32(55)47-18-7-11-52(12-8-18)28-15-22-21(14-25(28)39)34(57)53(35(22)58)27-5-6-29(54)49-33(27)56/h3-4,9-10,13-16,18,27H,5-8,11-12,17H2,1-2H3,(H,47,55)(H,49,54,56)(H2,45,46,48,50). The van der Waals surface area contributed by atoms with Crippen molar-refractivity contribution in [3.63, 3.8) is 0 Å². The third-order valence-electron chi connectivity index (χ3n) is 10.2. The number of sulfonamides is 1. The third kappa shape index (κ3) is 8.74. The first-order valence-electron chi connectivity index (χ1n) is 18.4. The lowest BCUT2D eigenvalue weighted by Gasteiger charge is -2.34. The smallest absolute Gasteiger partial charge is 0.369 e. The highest BCUT2D eigenvalue weighted by Crippen LogP contribution is 2.36. The Morgan fingerprint density at radius 2 is 1.64 bits per heavy atom. The van der Waals surface area contributed by atoms with Gasteiger partial charge >= 0.3 is 6.18 Å². The lowest BCUT2D eigenvalue weighted by Crippen LogP contribution is -2.54. The minimum Gasteiger partial charge on any atom is -0.369 e. The minimum atomic E-state index is -4.91. The second kappa shape index (κ2) is 16.3. The molecular weight excluding hydrogens is 838 g/mol. The number of anilines is 5. The summed E-state index contributed by atoms with van der Waals surface area (Å²) in [7, 11) is -2.59. The fourth-order valence-corrected chi connectivity index (χ4v) is 7.48. The number of halogens is 5. The molecular formula is C37H34F5N11O7S. The van der Waals surface area contributed by atoms with Crippen LogP contribution in [-0.2, 0) is 32.3 Å². The van der Waals surface area contributed by atoms with E-state index >= 15 is 8.78 Å². The molecule has 7 rings (SSSR count). The molecule has 0 radical (unpaired) electrons. The van der Waals surface area contributed by atoms with Crippen LogP contribution in [0, 0.1) is 11.6 Å². The number of carbonyl (C=O) groups is 5. The molecule has 5 heterocycles. The van der Waals surface area contributed by atoms with Crippen LogP contribution in [-0.4, -0.2) is 101 Å². The van der Waals surface area contributed by atoms with Gasteiger partial charge in [0.1, 0.15) is 34.8 Å². The van der Waals surface area contributed by atoms with E-state index in [0.717, 1.165) is 33.7 Å². The molecule has 2 aromatic heterocycles. The lowest BCUT2D eigenvalue weighted by atomic mass is 10.0. The van der Waals surface area contributed by atoms with Gasteiger partial charge in [-0.1, -0.05) is 0 Å². The number of alkyl halides is 3. The van der Waals surface area contributed by atoms with Crippen LogP contribution in [0.3, 0.4) is 0 Å². The van der Waals surface area contributed by atoms with Crippen LogP contribution >= 0.6 is 0 Å². The Morgan fingerprint density at radius 3 is 2.30 bits per heavy atom. The maximum atomic E-state index is 15.4. The van der Waals surface area contributed by atoms with Gasteiger partial charge < -0.3 is 20.9 Å². The van der Waals surface area contributed by atoms with E-state index in [-0.39, 0.29) is 84.3 Å². The van der Waals surface area contributed by atoms with Gasteiger partial charge in [0, 0.05) is 56.9 Å². The van der Waals surface area contributed by atoms with Crippen LogP contribution in [0.4, 0.5) is 50.9 Å². The molecule has 4 N–H and O–H groups in total. The van der Waals surface area contributed by atoms with Crippen molar-refractivity contribution in [2.45, 2.75) is 50.5 Å². The molecule has 2 fully saturated rings. The summed E-state index contributed by atoms with van der Waals surface area (Å²) in [6, 6.07) is 3.85. The Bertz CT molecular complexity index is 2590. The molecule has 0 aliphatic carbocycles. The van der Waals surface area contributed by atoms with Crippen LogP contribution in [0.25, 0.3) is 0 Å². The summed E-state index contributed by atoms with van der Waals surface area (Å²) in [4.78, 5) is 81.4. The molecule has 2 saturated heterocycles. The number of hydrogen-bond acceptors (Lipinski definition) is 14. The van der Waals surface area contributed by atoms with Gasteiger partial charge in [0.15, 0.2) is 5.82 Å². The Hall–Kier alpha value is -6.85. The molecule has 2 aromatic carbocycles. The van der Waals surface area contributed by atoms with Crippen molar-refractivity contribution in [2.24, 2.45) is 0 Å². The van der Waals surface area contributed by atoms with Gasteiger partial charge in [0.2, 0.25) is 27.8 Å². The normalized spacial score (nSPS) is 17.3.